The summed E-state index contributed by atoms with van der Waals surface area (Å²) in [6.45, 7) is 8.70. The largest absolute Gasteiger partial charge is 0.478 e. The minimum absolute atomic E-state index is 0.177. The second-order valence-corrected chi connectivity index (χ2v) is 8.52. The number of carboxylic acid groups (broad SMARTS) is 1. The molecule has 0 fully saturated rings. The van der Waals surface area contributed by atoms with Crippen molar-refractivity contribution in [2.75, 3.05) is 23.7 Å². The summed E-state index contributed by atoms with van der Waals surface area (Å²) in [7, 11) is 0. The number of carboxylic acids is 1. The van der Waals surface area contributed by atoms with E-state index in [1.807, 2.05) is 13.8 Å². The van der Waals surface area contributed by atoms with Crippen molar-refractivity contribution in [3.05, 3.63) is 44.6 Å². The Labute approximate surface area is 198 Å². The van der Waals surface area contributed by atoms with Gasteiger partial charge in [-0.25, -0.2) is 14.8 Å². The third kappa shape index (κ3) is 8.55. The lowest BCUT2D eigenvalue weighted by molar-refractivity contribution is 0.0697. The Morgan fingerprint density at radius 3 is 1.90 bits per heavy atom. The van der Waals surface area contributed by atoms with Gasteiger partial charge in [-0.1, -0.05) is 5.92 Å². The number of pyridine rings is 2. The highest BCUT2D eigenvalue weighted by atomic mass is 79.9. The van der Waals surface area contributed by atoms with Crippen LogP contribution in [0.4, 0.5) is 11.6 Å². The maximum atomic E-state index is 12.2. The van der Waals surface area contributed by atoms with E-state index in [4.69, 9.17) is 11.5 Å². The third-order valence-corrected chi connectivity index (χ3v) is 4.53. The summed E-state index contributed by atoms with van der Waals surface area (Å²) in [5.74, 6) is 2.24. The van der Waals surface area contributed by atoms with Gasteiger partial charge in [0, 0.05) is 34.4 Å². The predicted octanol–water partition coefficient (Wildman–Crippen LogP) is 4.39. The Bertz CT molecular complexity index is 974. The lowest BCUT2D eigenvalue weighted by atomic mass is 10.1. The van der Waals surface area contributed by atoms with Gasteiger partial charge in [0.2, 0.25) is 0 Å². The highest BCUT2D eigenvalue weighted by Crippen LogP contribution is 2.19. The SMILES string of the molecule is C#CC(C)(C)NC(=O)c1cc(Br)cnc1NCC.CCNc1ncc(Br)cc1C(=O)O. The first-order valence-electron chi connectivity index (χ1n) is 9.37. The van der Waals surface area contributed by atoms with Crippen LogP contribution in [-0.4, -0.2) is 45.6 Å². The molecule has 10 heteroatoms. The number of anilines is 2. The molecule has 0 radical (unpaired) electrons. The molecule has 8 nitrogen and oxygen atoms in total. The molecular weight excluding hydrogens is 530 g/mol. The Kier molecular flexibility index (Phi) is 10.4. The van der Waals surface area contributed by atoms with Gasteiger partial charge < -0.3 is 21.1 Å². The van der Waals surface area contributed by atoms with E-state index >= 15 is 0 Å². The summed E-state index contributed by atoms with van der Waals surface area (Å²) >= 11 is 6.46. The summed E-state index contributed by atoms with van der Waals surface area (Å²) < 4.78 is 1.40. The van der Waals surface area contributed by atoms with Gasteiger partial charge in [0.1, 0.15) is 17.2 Å². The Hall–Kier alpha value is -2.64. The molecule has 1 amide bonds. The monoisotopic (exact) mass is 553 g/mol. The highest BCUT2D eigenvalue weighted by Gasteiger charge is 2.21. The van der Waals surface area contributed by atoms with Gasteiger partial charge in [-0.2, -0.15) is 0 Å². The van der Waals surface area contributed by atoms with E-state index in [1.54, 1.807) is 32.3 Å². The van der Waals surface area contributed by atoms with Crippen molar-refractivity contribution >= 4 is 55.4 Å². The number of terminal acetylenes is 1. The van der Waals surface area contributed by atoms with E-state index in [0.29, 0.717) is 34.8 Å². The number of nitrogens with one attached hydrogen (secondary N) is 3. The number of halogens is 2. The molecule has 31 heavy (non-hydrogen) atoms. The normalized spacial score (nSPS) is 10.2. The second-order valence-electron chi connectivity index (χ2n) is 6.69. The number of nitrogens with zero attached hydrogens (tertiary/aromatic N) is 2. The number of rotatable bonds is 7. The van der Waals surface area contributed by atoms with Crippen LogP contribution in [0.1, 0.15) is 48.4 Å². The van der Waals surface area contributed by atoms with Crippen LogP contribution in [-0.2, 0) is 0 Å². The van der Waals surface area contributed by atoms with E-state index < -0.39 is 11.5 Å². The number of carbonyl (C=O) groups excluding carboxylic acids is 1. The second kappa shape index (κ2) is 12.3. The zero-order valence-electron chi connectivity index (χ0n) is 17.7. The summed E-state index contributed by atoms with van der Waals surface area (Å²) in [5.41, 5.74) is -0.0473. The molecule has 0 spiro atoms. The van der Waals surface area contributed by atoms with Crippen LogP contribution in [0.2, 0.25) is 0 Å². The molecule has 0 saturated carbocycles. The summed E-state index contributed by atoms with van der Waals surface area (Å²) in [6, 6.07) is 3.24. The molecule has 4 N–H and O–H groups in total. The Morgan fingerprint density at radius 1 is 1.03 bits per heavy atom. The number of amides is 1. The zero-order chi connectivity index (χ0) is 23.6. The minimum Gasteiger partial charge on any atom is -0.478 e. The van der Waals surface area contributed by atoms with Gasteiger partial charge in [0.05, 0.1) is 11.1 Å². The zero-order valence-corrected chi connectivity index (χ0v) is 20.9. The van der Waals surface area contributed by atoms with Crippen molar-refractivity contribution in [2.45, 2.75) is 33.2 Å². The summed E-state index contributed by atoms with van der Waals surface area (Å²) in [4.78, 5) is 31.0. The van der Waals surface area contributed by atoms with Crippen LogP contribution in [0.5, 0.6) is 0 Å². The fourth-order valence-electron chi connectivity index (χ4n) is 2.22. The van der Waals surface area contributed by atoms with Gasteiger partial charge in [0.15, 0.2) is 0 Å². The molecule has 0 bridgehead atoms. The molecule has 0 aliphatic carbocycles. The van der Waals surface area contributed by atoms with Crippen LogP contribution in [0, 0.1) is 12.3 Å². The quantitative estimate of drug-likeness (QED) is 0.375. The Balaban J connectivity index is 0.000000327. The maximum Gasteiger partial charge on any atom is 0.339 e. The van der Waals surface area contributed by atoms with Crippen LogP contribution in [0.15, 0.2) is 33.5 Å². The molecule has 0 aliphatic heterocycles. The van der Waals surface area contributed by atoms with Crippen LogP contribution < -0.4 is 16.0 Å². The average Bonchev–Trinajstić information content (AvgIpc) is 2.71. The number of hydrogen-bond acceptors (Lipinski definition) is 6. The van der Waals surface area contributed by atoms with Crippen molar-refractivity contribution in [3.8, 4) is 12.3 Å². The average molecular weight is 555 g/mol. The van der Waals surface area contributed by atoms with E-state index in [0.717, 1.165) is 4.47 Å². The smallest absolute Gasteiger partial charge is 0.339 e. The third-order valence-electron chi connectivity index (χ3n) is 3.66. The van der Waals surface area contributed by atoms with Gasteiger partial charge in [0.25, 0.3) is 5.91 Å². The lowest BCUT2D eigenvalue weighted by Gasteiger charge is -2.20. The van der Waals surface area contributed by atoms with Crippen LogP contribution in [0.25, 0.3) is 0 Å². The maximum absolute atomic E-state index is 12.2. The van der Waals surface area contributed by atoms with Crippen molar-refractivity contribution < 1.29 is 14.7 Å². The molecular formula is C21H25Br2N5O3. The molecule has 0 atom stereocenters. The summed E-state index contributed by atoms with van der Waals surface area (Å²) in [6.07, 6.45) is 8.55. The van der Waals surface area contributed by atoms with Gasteiger partial charge in [-0.15, -0.1) is 6.42 Å². The van der Waals surface area contributed by atoms with E-state index in [-0.39, 0.29) is 11.5 Å². The molecule has 2 rings (SSSR count). The van der Waals surface area contributed by atoms with Gasteiger partial charge in [-0.3, -0.25) is 4.79 Å². The first-order chi connectivity index (χ1) is 14.5. The van der Waals surface area contributed by atoms with Gasteiger partial charge in [-0.05, 0) is 71.7 Å². The van der Waals surface area contributed by atoms with Crippen molar-refractivity contribution in [2.24, 2.45) is 0 Å². The lowest BCUT2D eigenvalue weighted by Crippen LogP contribution is -2.42. The van der Waals surface area contributed by atoms with Crippen LogP contribution in [0.3, 0.4) is 0 Å². The van der Waals surface area contributed by atoms with E-state index in [9.17, 15) is 9.59 Å². The topological polar surface area (TPSA) is 116 Å². The molecule has 2 heterocycles. The summed E-state index contributed by atoms with van der Waals surface area (Å²) in [5, 5.41) is 17.5. The number of aromatic carboxylic acids is 1. The van der Waals surface area contributed by atoms with Crippen LogP contribution >= 0.6 is 31.9 Å². The highest BCUT2D eigenvalue weighted by molar-refractivity contribution is 9.10. The van der Waals surface area contributed by atoms with Crippen molar-refractivity contribution in [1.82, 2.24) is 15.3 Å². The molecule has 0 unspecified atom stereocenters. The molecule has 0 aromatic carbocycles. The fraction of sp³-hybridized carbons (Fsp3) is 0.333. The van der Waals surface area contributed by atoms with Crippen molar-refractivity contribution in [3.63, 3.8) is 0 Å². The number of aromatic nitrogens is 2. The van der Waals surface area contributed by atoms with E-state index in [2.05, 4.69) is 63.7 Å². The first kappa shape index (κ1) is 26.4. The molecule has 166 valence electrons. The number of carbonyl (C=O) groups is 2. The first-order valence-corrected chi connectivity index (χ1v) is 11.0. The number of hydrogen-bond donors (Lipinski definition) is 4. The molecule has 2 aromatic heterocycles. The Morgan fingerprint density at radius 2 is 1.48 bits per heavy atom. The predicted molar refractivity (Wildman–Crippen MR) is 130 cm³/mol. The molecule has 0 saturated heterocycles. The minimum atomic E-state index is -0.982. The standard InChI is InChI=1S/C13H16BrN3O.C8H9BrN2O2/c1-5-13(3,4)17-12(18)10-7-9(14)8-16-11(10)15-6-2;1-2-10-7-6(8(12)13)3-5(9)4-11-7/h1,7-8H,6H2,2-4H3,(H,15,16)(H,17,18);3-4H,2H2,1H3,(H,10,11)(H,12,13). The van der Waals surface area contributed by atoms with Crippen molar-refractivity contribution in [1.29, 1.82) is 0 Å². The van der Waals surface area contributed by atoms with Gasteiger partial charge >= 0.3 is 5.97 Å². The fourth-order valence-corrected chi connectivity index (χ4v) is 2.88. The molecule has 2 aromatic rings. The van der Waals surface area contributed by atoms with E-state index in [1.165, 1.54) is 6.07 Å². The molecule has 0 aliphatic rings.